The highest BCUT2D eigenvalue weighted by Gasteiger charge is 2.17. The van der Waals surface area contributed by atoms with E-state index in [1.54, 1.807) is 6.07 Å². The quantitative estimate of drug-likeness (QED) is 0.591. The van der Waals surface area contributed by atoms with Crippen LogP contribution < -0.4 is 10.4 Å². The first-order chi connectivity index (χ1) is 13.5. The van der Waals surface area contributed by atoms with Crippen LogP contribution in [-0.2, 0) is 23.1 Å². The molecule has 7 nitrogen and oxygen atoms in total. The van der Waals surface area contributed by atoms with Gasteiger partial charge in [-0.2, -0.15) is 0 Å². The van der Waals surface area contributed by atoms with Crippen LogP contribution in [0.5, 0.6) is 0 Å². The lowest BCUT2D eigenvalue weighted by molar-refractivity contribution is 0.220. The number of benzene rings is 2. The molecule has 148 valence electrons. The number of imidazole rings is 1. The van der Waals surface area contributed by atoms with E-state index in [1.165, 1.54) is 31.4 Å². The second kappa shape index (κ2) is 7.90. The van der Waals surface area contributed by atoms with E-state index in [9.17, 15) is 13.2 Å². The van der Waals surface area contributed by atoms with E-state index in [0.29, 0.717) is 11.0 Å². The van der Waals surface area contributed by atoms with Crippen molar-refractivity contribution >= 4 is 21.1 Å². The molecule has 1 fully saturated rings. The number of nitrogens with zero attached hydrogens (tertiary/aromatic N) is 1. The van der Waals surface area contributed by atoms with Gasteiger partial charge in [0, 0.05) is 13.1 Å². The lowest BCUT2D eigenvalue weighted by atomic mass is 10.1. The van der Waals surface area contributed by atoms with Crippen molar-refractivity contribution in [3.8, 4) is 0 Å². The van der Waals surface area contributed by atoms with Gasteiger partial charge in [-0.1, -0.05) is 30.7 Å². The Bertz CT molecular complexity index is 1130. The predicted octanol–water partition coefficient (Wildman–Crippen LogP) is 2.32. The standard InChI is InChI=1S/C20H24N4O3S/c25-20-22-18-9-8-17(12-19(18)23-20)28(26,27)21-13-15-6-2-3-7-16(15)14-24-10-4-1-5-11-24/h2-3,6-9,12,21H,1,4-5,10-11,13-14H2,(H2,22,23,25). The zero-order valence-electron chi connectivity index (χ0n) is 15.6. The summed E-state index contributed by atoms with van der Waals surface area (Å²) in [5, 5.41) is 0. The Morgan fingerprint density at radius 2 is 1.64 bits per heavy atom. The summed E-state index contributed by atoms with van der Waals surface area (Å²) in [4.78, 5) is 19.1. The van der Waals surface area contributed by atoms with Crippen molar-refractivity contribution in [3.05, 3.63) is 64.1 Å². The molecular weight excluding hydrogens is 376 g/mol. The summed E-state index contributed by atoms with van der Waals surface area (Å²) in [6.07, 6.45) is 3.73. The number of rotatable bonds is 6. The molecule has 28 heavy (non-hydrogen) atoms. The Balaban J connectivity index is 1.50. The van der Waals surface area contributed by atoms with Crippen molar-refractivity contribution in [2.45, 2.75) is 37.2 Å². The van der Waals surface area contributed by atoms with Crippen molar-refractivity contribution < 1.29 is 8.42 Å². The van der Waals surface area contributed by atoms with Crippen LogP contribution in [0.3, 0.4) is 0 Å². The van der Waals surface area contributed by atoms with E-state index in [-0.39, 0.29) is 17.1 Å². The van der Waals surface area contributed by atoms with Crippen LogP contribution in [0.4, 0.5) is 0 Å². The van der Waals surface area contributed by atoms with E-state index in [4.69, 9.17) is 0 Å². The zero-order valence-corrected chi connectivity index (χ0v) is 16.4. The van der Waals surface area contributed by atoms with Crippen molar-refractivity contribution in [1.29, 1.82) is 0 Å². The third-order valence-electron chi connectivity index (χ3n) is 5.21. The summed E-state index contributed by atoms with van der Waals surface area (Å²) in [5.41, 5.74) is 2.82. The largest absolute Gasteiger partial charge is 0.323 e. The highest BCUT2D eigenvalue weighted by molar-refractivity contribution is 7.89. The maximum Gasteiger partial charge on any atom is 0.323 e. The number of nitrogens with one attached hydrogen (secondary N) is 3. The average molecular weight is 401 g/mol. The summed E-state index contributed by atoms with van der Waals surface area (Å²) in [7, 11) is -3.69. The van der Waals surface area contributed by atoms with Crippen molar-refractivity contribution in [3.63, 3.8) is 0 Å². The molecule has 2 aromatic carbocycles. The molecule has 1 aromatic heterocycles. The average Bonchev–Trinajstić information content (AvgIpc) is 3.07. The maximum absolute atomic E-state index is 12.7. The maximum atomic E-state index is 12.7. The van der Waals surface area contributed by atoms with E-state index in [0.717, 1.165) is 30.8 Å². The number of aromatic amines is 2. The lowest BCUT2D eigenvalue weighted by Crippen LogP contribution is -2.30. The van der Waals surface area contributed by atoms with E-state index >= 15 is 0 Å². The normalized spacial score (nSPS) is 15.9. The molecule has 8 heteroatoms. The molecule has 0 spiro atoms. The van der Waals surface area contributed by atoms with Gasteiger partial charge >= 0.3 is 5.69 Å². The third-order valence-corrected chi connectivity index (χ3v) is 6.61. The molecule has 0 unspecified atom stereocenters. The van der Waals surface area contributed by atoms with Crippen LogP contribution >= 0.6 is 0 Å². The Hall–Kier alpha value is -2.42. The van der Waals surface area contributed by atoms with Gasteiger partial charge in [0.2, 0.25) is 10.0 Å². The molecule has 0 bridgehead atoms. The zero-order chi connectivity index (χ0) is 19.6. The minimum atomic E-state index is -3.69. The summed E-state index contributed by atoms with van der Waals surface area (Å²) < 4.78 is 28.2. The molecule has 0 atom stereocenters. The molecule has 1 aliphatic heterocycles. The topological polar surface area (TPSA) is 98.1 Å². The Morgan fingerprint density at radius 1 is 0.929 bits per heavy atom. The highest BCUT2D eigenvalue weighted by Crippen LogP contribution is 2.18. The minimum absolute atomic E-state index is 0.128. The Labute approximate surface area is 163 Å². The third kappa shape index (κ3) is 4.19. The van der Waals surface area contributed by atoms with Crippen molar-refractivity contribution in [2.24, 2.45) is 0 Å². The van der Waals surface area contributed by atoms with Crippen LogP contribution in [0.2, 0.25) is 0 Å². The van der Waals surface area contributed by atoms with Gasteiger partial charge < -0.3 is 9.97 Å². The number of fused-ring (bicyclic) bond motifs is 1. The Morgan fingerprint density at radius 3 is 2.43 bits per heavy atom. The number of aromatic nitrogens is 2. The molecule has 0 radical (unpaired) electrons. The second-order valence-electron chi connectivity index (χ2n) is 7.22. The van der Waals surface area contributed by atoms with E-state index in [1.807, 2.05) is 18.2 Å². The summed E-state index contributed by atoms with van der Waals surface area (Å²) in [5.74, 6) is 0. The van der Waals surface area contributed by atoms with Gasteiger partial charge in [0.1, 0.15) is 0 Å². The van der Waals surface area contributed by atoms with Gasteiger partial charge in [-0.3, -0.25) is 4.90 Å². The van der Waals surface area contributed by atoms with Crippen LogP contribution in [-0.4, -0.2) is 36.4 Å². The molecule has 1 saturated heterocycles. The van der Waals surface area contributed by atoms with Crippen molar-refractivity contribution in [1.82, 2.24) is 19.6 Å². The predicted molar refractivity (Wildman–Crippen MR) is 109 cm³/mol. The lowest BCUT2D eigenvalue weighted by Gasteiger charge is -2.27. The van der Waals surface area contributed by atoms with Gasteiger partial charge in [-0.05, 0) is 55.3 Å². The number of piperidine rings is 1. The first kappa shape index (κ1) is 18.9. The van der Waals surface area contributed by atoms with Gasteiger partial charge in [0.15, 0.2) is 0 Å². The summed E-state index contributed by atoms with van der Waals surface area (Å²) >= 11 is 0. The number of hydrogen-bond acceptors (Lipinski definition) is 4. The number of H-pyrrole nitrogens is 2. The van der Waals surface area contributed by atoms with Crippen LogP contribution in [0, 0.1) is 0 Å². The molecule has 2 heterocycles. The second-order valence-corrected chi connectivity index (χ2v) is 8.98. The van der Waals surface area contributed by atoms with Crippen molar-refractivity contribution in [2.75, 3.05) is 13.1 Å². The first-order valence-corrected chi connectivity index (χ1v) is 11.0. The fourth-order valence-electron chi connectivity index (χ4n) is 3.68. The summed E-state index contributed by atoms with van der Waals surface area (Å²) in [6.45, 7) is 3.26. The molecular formula is C20H24N4O3S. The van der Waals surface area contributed by atoms with E-state index in [2.05, 4.69) is 25.7 Å². The SMILES string of the molecule is O=c1[nH]c2ccc(S(=O)(=O)NCc3ccccc3CN3CCCCC3)cc2[nH]1. The van der Waals surface area contributed by atoms with Gasteiger partial charge in [-0.25, -0.2) is 17.9 Å². The fraction of sp³-hybridized carbons (Fsp3) is 0.350. The van der Waals surface area contributed by atoms with Gasteiger partial charge in [-0.15, -0.1) is 0 Å². The van der Waals surface area contributed by atoms with Crippen LogP contribution in [0.1, 0.15) is 30.4 Å². The number of likely N-dealkylation sites (tertiary alicyclic amines) is 1. The smallest absolute Gasteiger partial charge is 0.306 e. The first-order valence-electron chi connectivity index (χ1n) is 9.52. The molecule has 4 rings (SSSR count). The van der Waals surface area contributed by atoms with E-state index < -0.39 is 10.0 Å². The molecule has 0 amide bonds. The molecule has 0 saturated carbocycles. The number of hydrogen-bond donors (Lipinski definition) is 3. The molecule has 0 aliphatic carbocycles. The monoisotopic (exact) mass is 400 g/mol. The minimum Gasteiger partial charge on any atom is -0.306 e. The van der Waals surface area contributed by atoms with Crippen LogP contribution in [0.25, 0.3) is 11.0 Å². The number of sulfonamides is 1. The summed E-state index contributed by atoms with van der Waals surface area (Å²) in [6, 6.07) is 12.5. The Kier molecular flexibility index (Phi) is 5.34. The molecule has 3 N–H and O–H groups in total. The molecule has 3 aromatic rings. The highest BCUT2D eigenvalue weighted by atomic mass is 32.2. The fourth-order valence-corrected chi connectivity index (χ4v) is 4.71. The van der Waals surface area contributed by atoms with Crippen LogP contribution in [0.15, 0.2) is 52.2 Å². The van der Waals surface area contributed by atoms with Gasteiger partial charge in [0.25, 0.3) is 0 Å². The van der Waals surface area contributed by atoms with Gasteiger partial charge in [0.05, 0.1) is 15.9 Å². The molecule has 1 aliphatic rings.